The van der Waals surface area contributed by atoms with Crippen LogP contribution in [0.15, 0.2) is 54.6 Å². The molecule has 0 aromatic heterocycles. The molecule has 1 aliphatic carbocycles. The van der Waals surface area contributed by atoms with Crippen LogP contribution in [0.4, 0.5) is 17.6 Å². The predicted molar refractivity (Wildman–Crippen MR) is 112 cm³/mol. The number of hydrogen-bond acceptors (Lipinski definition) is 1. The molecule has 0 atom stereocenters. The van der Waals surface area contributed by atoms with E-state index in [1.54, 1.807) is 0 Å². The van der Waals surface area contributed by atoms with Crippen molar-refractivity contribution < 1.29 is 22.3 Å². The van der Waals surface area contributed by atoms with E-state index in [0.29, 0.717) is 17.4 Å². The molecule has 1 fully saturated rings. The molecule has 1 aliphatic rings. The highest BCUT2D eigenvalue weighted by Crippen LogP contribution is 2.42. The van der Waals surface area contributed by atoms with Gasteiger partial charge in [0, 0.05) is 0 Å². The minimum Gasteiger partial charge on any atom is -0.403 e. The second-order valence-electron chi connectivity index (χ2n) is 8.14. The van der Waals surface area contributed by atoms with Crippen LogP contribution in [0.2, 0.25) is 0 Å². The van der Waals surface area contributed by atoms with Crippen LogP contribution < -0.4 is 4.74 Å². The first kappa shape index (κ1) is 22.4. The molecule has 2 aromatic rings. The highest BCUT2D eigenvalue weighted by Gasteiger charge is 2.32. The lowest BCUT2D eigenvalue weighted by molar-refractivity contribution is -0.275. The highest BCUT2D eigenvalue weighted by molar-refractivity contribution is 5.69. The van der Waals surface area contributed by atoms with Gasteiger partial charge in [0.2, 0.25) is 0 Å². The minimum absolute atomic E-state index is 0.376. The van der Waals surface area contributed by atoms with Crippen molar-refractivity contribution in [2.75, 3.05) is 0 Å². The molecule has 0 amide bonds. The first-order chi connectivity index (χ1) is 14.3. The molecule has 0 bridgehead atoms. The Balaban J connectivity index is 1.73. The molecule has 2 aromatic carbocycles. The van der Waals surface area contributed by atoms with Crippen molar-refractivity contribution in [3.8, 4) is 16.9 Å². The van der Waals surface area contributed by atoms with E-state index in [0.717, 1.165) is 61.8 Å². The van der Waals surface area contributed by atoms with Crippen LogP contribution in [0.25, 0.3) is 11.1 Å². The quantitative estimate of drug-likeness (QED) is 0.323. The largest absolute Gasteiger partial charge is 0.573 e. The Morgan fingerprint density at radius 3 is 2.40 bits per heavy atom. The zero-order valence-corrected chi connectivity index (χ0v) is 17.3. The predicted octanol–water partition coefficient (Wildman–Crippen LogP) is 8.41. The van der Waals surface area contributed by atoms with Crippen molar-refractivity contribution in [1.82, 2.24) is 0 Å². The summed E-state index contributed by atoms with van der Waals surface area (Å²) in [6.07, 6.45) is 2.84. The number of rotatable bonds is 7. The molecule has 0 saturated heterocycles. The number of allylic oxidation sites excluding steroid dienone is 1. The van der Waals surface area contributed by atoms with E-state index < -0.39 is 17.9 Å². The first-order valence-electron chi connectivity index (χ1n) is 10.6. The van der Waals surface area contributed by atoms with Gasteiger partial charge in [-0.2, -0.15) is 0 Å². The fourth-order valence-electron chi connectivity index (χ4n) is 4.34. The van der Waals surface area contributed by atoms with E-state index in [9.17, 15) is 17.6 Å². The Labute approximate surface area is 175 Å². The van der Waals surface area contributed by atoms with E-state index in [-0.39, 0.29) is 0 Å². The number of halogens is 4. The van der Waals surface area contributed by atoms with Gasteiger partial charge < -0.3 is 4.74 Å². The van der Waals surface area contributed by atoms with Gasteiger partial charge in [0.1, 0.15) is 0 Å². The molecule has 0 heterocycles. The van der Waals surface area contributed by atoms with Crippen molar-refractivity contribution in [3.63, 3.8) is 0 Å². The van der Waals surface area contributed by atoms with E-state index in [1.807, 2.05) is 18.2 Å². The number of benzene rings is 2. The lowest BCUT2D eigenvalue weighted by atomic mass is 9.75. The van der Waals surface area contributed by atoms with Gasteiger partial charge in [-0.05, 0) is 85.6 Å². The second-order valence-corrected chi connectivity index (χ2v) is 8.14. The molecule has 3 rings (SSSR count). The monoisotopic (exact) mass is 420 g/mol. The molecule has 30 heavy (non-hydrogen) atoms. The molecular formula is C25H28F4O. The molecule has 0 aliphatic heterocycles. The Morgan fingerprint density at radius 2 is 1.77 bits per heavy atom. The van der Waals surface area contributed by atoms with E-state index in [1.165, 1.54) is 18.1 Å². The molecule has 1 saturated carbocycles. The summed E-state index contributed by atoms with van der Waals surface area (Å²) in [6.45, 7) is 6.24. The first-order valence-corrected chi connectivity index (χ1v) is 10.6. The minimum atomic E-state index is -4.91. The third kappa shape index (κ3) is 5.87. The maximum atomic E-state index is 14.2. The zero-order chi connectivity index (χ0) is 21.7. The fourth-order valence-corrected chi connectivity index (χ4v) is 4.34. The van der Waals surface area contributed by atoms with E-state index in [2.05, 4.69) is 24.3 Å². The highest BCUT2D eigenvalue weighted by atomic mass is 19.4. The number of alkyl halides is 3. The van der Waals surface area contributed by atoms with Crippen molar-refractivity contribution >= 4 is 0 Å². The van der Waals surface area contributed by atoms with Gasteiger partial charge in [0.15, 0.2) is 11.6 Å². The normalized spacial score (nSPS) is 19.5. The van der Waals surface area contributed by atoms with E-state index >= 15 is 0 Å². The van der Waals surface area contributed by atoms with Gasteiger partial charge in [-0.1, -0.05) is 49.4 Å². The summed E-state index contributed by atoms with van der Waals surface area (Å²) in [4.78, 5) is 0. The van der Waals surface area contributed by atoms with Crippen molar-refractivity contribution in [2.24, 2.45) is 5.92 Å². The average molecular weight is 420 g/mol. The van der Waals surface area contributed by atoms with Gasteiger partial charge in [-0.15, -0.1) is 13.2 Å². The molecule has 5 heteroatoms. The van der Waals surface area contributed by atoms with Crippen molar-refractivity contribution in [2.45, 2.75) is 64.1 Å². The van der Waals surface area contributed by atoms with Crippen LogP contribution in [0, 0.1) is 11.7 Å². The standard InChI is InChI=1S/C25H28F4O/c1-3-17(2)8-9-18-10-12-19(13-11-18)21-6-4-5-7-22(21)20-14-15-24(23(26)16-20)30-25(27,28)29/h4-7,14-16,18-19H,2-3,8-13H2,1H3. The molecule has 0 unspecified atom stereocenters. The Hall–Kier alpha value is -2.30. The summed E-state index contributed by atoms with van der Waals surface area (Å²) in [7, 11) is 0. The molecule has 0 N–H and O–H groups in total. The number of ether oxygens (including phenoxy) is 1. The van der Waals surface area contributed by atoms with Gasteiger partial charge in [0.05, 0.1) is 0 Å². The number of hydrogen-bond donors (Lipinski definition) is 0. The van der Waals surface area contributed by atoms with Crippen LogP contribution in [0.1, 0.15) is 63.4 Å². The van der Waals surface area contributed by atoms with Crippen LogP contribution in [0.3, 0.4) is 0 Å². The summed E-state index contributed by atoms with van der Waals surface area (Å²) in [5, 5.41) is 0. The summed E-state index contributed by atoms with van der Waals surface area (Å²) >= 11 is 0. The third-order valence-corrected chi connectivity index (χ3v) is 6.12. The van der Waals surface area contributed by atoms with Gasteiger partial charge in [-0.3, -0.25) is 0 Å². The average Bonchev–Trinajstić information content (AvgIpc) is 2.73. The molecule has 0 radical (unpaired) electrons. The van der Waals surface area contributed by atoms with Gasteiger partial charge in [0.25, 0.3) is 0 Å². The lowest BCUT2D eigenvalue weighted by Gasteiger charge is -2.30. The van der Waals surface area contributed by atoms with Gasteiger partial charge >= 0.3 is 6.36 Å². The summed E-state index contributed by atoms with van der Waals surface area (Å²) in [6, 6.07) is 11.5. The van der Waals surface area contributed by atoms with Crippen LogP contribution in [0.5, 0.6) is 5.75 Å². The van der Waals surface area contributed by atoms with Crippen molar-refractivity contribution in [1.29, 1.82) is 0 Å². The molecule has 162 valence electrons. The second kappa shape index (κ2) is 9.67. The zero-order valence-electron chi connectivity index (χ0n) is 17.3. The van der Waals surface area contributed by atoms with Gasteiger partial charge in [-0.25, -0.2) is 4.39 Å². The third-order valence-electron chi connectivity index (χ3n) is 6.12. The van der Waals surface area contributed by atoms with Crippen LogP contribution in [-0.4, -0.2) is 6.36 Å². The Kier molecular flexibility index (Phi) is 7.22. The molecular weight excluding hydrogens is 392 g/mol. The molecule has 0 spiro atoms. The Morgan fingerprint density at radius 1 is 1.07 bits per heavy atom. The van der Waals surface area contributed by atoms with Crippen LogP contribution >= 0.6 is 0 Å². The summed E-state index contributed by atoms with van der Waals surface area (Å²) < 4.78 is 55.2. The maximum absolute atomic E-state index is 14.2. The fraction of sp³-hybridized carbons (Fsp3) is 0.440. The molecule has 1 nitrogen and oxygen atoms in total. The van der Waals surface area contributed by atoms with Crippen molar-refractivity contribution in [3.05, 3.63) is 66.0 Å². The Bertz CT molecular complexity index is 864. The smallest absolute Gasteiger partial charge is 0.403 e. The SMILES string of the molecule is C=C(CC)CCC1CCC(c2ccccc2-c2ccc(OC(F)(F)F)c(F)c2)CC1. The lowest BCUT2D eigenvalue weighted by Crippen LogP contribution is -2.18. The van der Waals surface area contributed by atoms with E-state index in [4.69, 9.17) is 0 Å². The maximum Gasteiger partial charge on any atom is 0.573 e. The van der Waals surface area contributed by atoms with Crippen LogP contribution in [-0.2, 0) is 0 Å². The topological polar surface area (TPSA) is 9.23 Å². The summed E-state index contributed by atoms with van der Waals surface area (Å²) in [5.41, 5.74) is 3.89. The summed E-state index contributed by atoms with van der Waals surface area (Å²) in [5.74, 6) is -0.730.